The molecule has 112 valence electrons. The largest absolute Gasteiger partial charge is 0.358 e. The molecule has 1 aromatic heterocycles. The van der Waals surface area contributed by atoms with E-state index in [1.165, 1.54) is 28.0 Å². The predicted octanol–water partition coefficient (Wildman–Crippen LogP) is 0.655. The Labute approximate surface area is 126 Å². The van der Waals surface area contributed by atoms with Crippen LogP contribution in [-0.2, 0) is 9.59 Å². The third-order valence-electron chi connectivity index (χ3n) is 2.08. The Kier molecular flexibility index (Phi) is 6.73. The van der Waals surface area contributed by atoms with E-state index in [2.05, 4.69) is 20.8 Å². The van der Waals surface area contributed by atoms with Crippen LogP contribution in [-0.4, -0.2) is 59.3 Å². The molecular weight excluding hydrogens is 298 g/mol. The molecule has 1 aromatic rings. The molecular formula is C11H19N5O2S2. The number of hydrogen-bond acceptors (Lipinski definition) is 7. The van der Waals surface area contributed by atoms with Gasteiger partial charge in [0, 0.05) is 20.1 Å². The molecule has 7 nitrogen and oxygen atoms in total. The Morgan fingerprint density at radius 1 is 1.35 bits per heavy atom. The van der Waals surface area contributed by atoms with Crippen molar-refractivity contribution in [2.45, 2.75) is 24.2 Å². The zero-order valence-electron chi connectivity index (χ0n) is 12.0. The molecule has 0 spiro atoms. The van der Waals surface area contributed by atoms with Crippen molar-refractivity contribution in [1.29, 1.82) is 0 Å². The lowest BCUT2D eigenvalue weighted by molar-refractivity contribution is -0.130. The second-order valence-corrected chi connectivity index (χ2v) is 6.73. The van der Waals surface area contributed by atoms with Gasteiger partial charge in [-0.2, -0.15) is 0 Å². The molecule has 0 aromatic carbocycles. The lowest BCUT2D eigenvalue weighted by atomic mass is 10.4. The van der Waals surface area contributed by atoms with Crippen LogP contribution in [0.25, 0.3) is 0 Å². The predicted molar refractivity (Wildman–Crippen MR) is 81.1 cm³/mol. The molecule has 0 aliphatic rings. The molecule has 0 saturated heterocycles. The average Bonchev–Trinajstić information content (AvgIpc) is 2.79. The lowest BCUT2D eigenvalue weighted by Crippen LogP contribution is -2.36. The first-order valence-electron chi connectivity index (χ1n) is 6.08. The van der Waals surface area contributed by atoms with Gasteiger partial charge < -0.3 is 15.5 Å². The first kappa shape index (κ1) is 16.7. The topological polar surface area (TPSA) is 87.2 Å². The van der Waals surface area contributed by atoms with Gasteiger partial charge >= 0.3 is 0 Å². The van der Waals surface area contributed by atoms with Gasteiger partial charge in [0.15, 0.2) is 4.34 Å². The fraction of sp³-hybridized carbons (Fsp3) is 0.636. The second kappa shape index (κ2) is 8.05. The summed E-state index contributed by atoms with van der Waals surface area (Å²) in [5, 5.41) is 14.4. The summed E-state index contributed by atoms with van der Waals surface area (Å²) in [6.45, 7) is 4.05. The van der Waals surface area contributed by atoms with Crippen molar-refractivity contribution in [2.75, 3.05) is 31.7 Å². The molecule has 0 aliphatic heterocycles. The molecule has 0 fully saturated rings. The van der Waals surface area contributed by atoms with Crippen LogP contribution < -0.4 is 10.6 Å². The summed E-state index contributed by atoms with van der Waals surface area (Å²) >= 11 is 2.71. The van der Waals surface area contributed by atoms with Crippen LogP contribution in [0.2, 0.25) is 0 Å². The molecule has 0 saturated carbocycles. The van der Waals surface area contributed by atoms with Crippen LogP contribution in [0, 0.1) is 0 Å². The zero-order valence-corrected chi connectivity index (χ0v) is 13.6. The van der Waals surface area contributed by atoms with Gasteiger partial charge in [-0.15, -0.1) is 10.2 Å². The Morgan fingerprint density at radius 2 is 2.05 bits per heavy atom. The maximum atomic E-state index is 11.6. The van der Waals surface area contributed by atoms with Crippen LogP contribution >= 0.6 is 23.1 Å². The normalized spacial score (nSPS) is 10.4. The van der Waals surface area contributed by atoms with Crippen LogP contribution in [0.5, 0.6) is 0 Å². The monoisotopic (exact) mass is 317 g/mol. The highest BCUT2D eigenvalue weighted by molar-refractivity contribution is 8.01. The van der Waals surface area contributed by atoms with Gasteiger partial charge in [-0.3, -0.25) is 9.59 Å². The number of nitrogens with one attached hydrogen (secondary N) is 2. The highest BCUT2D eigenvalue weighted by Gasteiger charge is 2.10. The standard InChI is InChI=1S/C11H19N5O2S2/c1-7(2)13-10-14-15-11(20-10)19-6-8(17)12-5-9(18)16(3)4/h7H,5-6H2,1-4H3,(H,12,17)(H,13,14). The van der Waals surface area contributed by atoms with E-state index in [0.29, 0.717) is 6.04 Å². The summed E-state index contributed by atoms with van der Waals surface area (Å²) in [5.74, 6) is -0.113. The zero-order chi connectivity index (χ0) is 15.1. The molecule has 2 amide bonds. The number of carbonyl (C=O) groups excluding carboxylic acids is 2. The quantitative estimate of drug-likeness (QED) is 0.718. The van der Waals surface area contributed by atoms with E-state index >= 15 is 0 Å². The molecule has 2 N–H and O–H groups in total. The van der Waals surface area contributed by atoms with Crippen molar-refractivity contribution in [3.05, 3.63) is 0 Å². The fourth-order valence-corrected chi connectivity index (χ4v) is 2.81. The molecule has 0 bridgehead atoms. The van der Waals surface area contributed by atoms with Crippen molar-refractivity contribution in [2.24, 2.45) is 0 Å². The Balaban J connectivity index is 2.30. The minimum Gasteiger partial charge on any atom is -0.358 e. The molecule has 0 radical (unpaired) electrons. The molecule has 1 rings (SSSR count). The maximum absolute atomic E-state index is 11.6. The lowest BCUT2D eigenvalue weighted by Gasteiger charge is -2.10. The van der Waals surface area contributed by atoms with Crippen molar-refractivity contribution in [3.63, 3.8) is 0 Å². The number of nitrogens with zero attached hydrogens (tertiary/aromatic N) is 3. The summed E-state index contributed by atoms with van der Waals surface area (Å²) in [5.41, 5.74) is 0. The van der Waals surface area contributed by atoms with Crippen molar-refractivity contribution < 1.29 is 9.59 Å². The van der Waals surface area contributed by atoms with E-state index in [-0.39, 0.29) is 24.1 Å². The summed E-state index contributed by atoms with van der Waals surface area (Å²) in [6, 6.07) is 0.293. The summed E-state index contributed by atoms with van der Waals surface area (Å²) < 4.78 is 0.724. The van der Waals surface area contributed by atoms with E-state index in [9.17, 15) is 9.59 Å². The maximum Gasteiger partial charge on any atom is 0.241 e. The van der Waals surface area contributed by atoms with Gasteiger partial charge in [-0.1, -0.05) is 23.1 Å². The molecule has 0 atom stereocenters. The van der Waals surface area contributed by atoms with Crippen LogP contribution in [0.4, 0.5) is 5.13 Å². The summed E-state index contributed by atoms with van der Waals surface area (Å²) in [7, 11) is 3.29. The van der Waals surface area contributed by atoms with Gasteiger partial charge in [0.1, 0.15) is 0 Å². The van der Waals surface area contributed by atoms with E-state index in [1.807, 2.05) is 13.8 Å². The number of amides is 2. The van der Waals surface area contributed by atoms with Gasteiger partial charge in [0.25, 0.3) is 0 Å². The van der Waals surface area contributed by atoms with Gasteiger partial charge in [-0.05, 0) is 13.8 Å². The minimum atomic E-state index is -0.196. The van der Waals surface area contributed by atoms with E-state index in [1.54, 1.807) is 14.1 Å². The second-order valence-electron chi connectivity index (χ2n) is 4.53. The highest BCUT2D eigenvalue weighted by Crippen LogP contribution is 2.25. The number of aromatic nitrogens is 2. The first-order chi connectivity index (χ1) is 9.38. The number of carbonyl (C=O) groups is 2. The highest BCUT2D eigenvalue weighted by atomic mass is 32.2. The molecule has 1 heterocycles. The average molecular weight is 317 g/mol. The molecule has 20 heavy (non-hydrogen) atoms. The number of anilines is 1. The van der Waals surface area contributed by atoms with Gasteiger partial charge in [0.05, 0.1) is 12.3 Å². The SMILES string of the molecule is CC(C)Nc1nnc(SCC(=O)NCC(=O)N(C)C)s1. The Bertz CT molecular complexity index is 461. The van der Waals surface area contributed by atoms with E-state index in [0.717, 1.165) is 9.47 Å². The van der Waals surface area contributed by atoms with Crippen LogP contribution in [0.15, 0.2) is 4.34 Å². The molecule has 9 heteroatoms. The van der Waals surface area contributed by atoms with Crippen molar-refractivity contribution in [3.8, 4) is 0 Å². The van der Waals surface area contributed by atoms with Crippen molar-refractivity contribution >= 4 is 40.0 Å². The number of rotatable bonds is 7. The van der Waals surface area contributed by atoms with Crippen LogP contribution in [0.1, 0.15) is 13.8 Å². The summed E-state index contributed by atoms with van der Waals surface area (Å²) in [4.78, 5) is 24.3. The third kappa shape index (κ3) is 6.20. The minimum absolute atomic E-state index is 0.0165. The Morgan fingerprint density at radius 3 is 2.65 bits per heavy atom. The summed E-state index contributed by atoms with van der Waals surface area (Å²) in [6.07, 6.45) is 0. The Hall–Kier alpha value is -1.35. The molecule has 0 aliphatic carbocycles. The smallest absolute Gasteiger partial charge is 0.241 e. The number of likely N-dealkylation sites (N-methyl/N-ethyl adjacent to an activating group) is 1. The van der Waals surface area contributed by atoms with Gasteiger partial charge in [-0.25, -0.2) is 0 Å². The molecule has 0 unspecified atom stereocenters. The van der Waals surface area contributed by atoms with E-state index in [4.69, 9.17) is 0 Å². The van der Waals surface area contributed by atoms with Crippen LogP contribution in [0.3, 0.4) is 0 Å². The van der Waals surface area contributed by atoms with E-state index < -0.39 is 0 Å². The number of hydrogen-bond donors (Lipinski definition) is 2. The van der Waals surface area contributed by atoms with Gasteiger partial charge in [0.2, 0.25) is 16.9 Å². The third-order valence-corrected chi connectivity index (χ3v) is 4.07. The number of thioether (sulfide) groups is 1. The fourth-order valence-electron chi connectivity index (χ4n) is 1.08. The van der Waals surface area contributed by atoms with Crippen molar-refractivity contribution in [1.82, 2.24) is 20.4 Å². The first-order valence-corrected chi connectivity index (χ1v) is 7.88.